The largest absolute Gasteiger partial charge is 0.481 e. The highest BCUT2D eigenvalue weighted by atomic mass is 16.5. The fourth-order valence-corrected chi connectivity index (χ4v) is 1.60. The lowest BCUT2D eigenvalue weighted by molar-refractivity contribution is 0.273. The fourth-order valence-electron chi connectivity index (χ4n) is 1.60. The number of pyridine rings is 1. The maximum Gasteiger partial charge on any atom is 0.217 e. The first kappa shape index (κ1) is 12.9. The van der Waals surface area contributed by atoms with E-state index < -0.39 is 0 Å². The van der Waals surface area contributed by atoms with E-state index in [-0.39, 0.29) is 0 Å². The predicted octanol–water partition coefficient (Wildman–Crippen LogP) is -0.190. The van der Waals surface area contributed by atoms with Crippen LogP contribution in [0, 0.1) is 0 Å². The van der Waals surface area contributed by atoms with Gasteiger partial charge in [0.1, 0.15) is 0 Å². The van der Waals surface area contributed by atoms with Crippen LogP contribution in [0.4, 0.5) is 0 Å². The molecule has 0 radical (unpaired) electrons. The Morgan fingerprint density at radius 1 is 1.31 bits per heavy atom. The van der Waals surface area contributed by atoms with E-state index >= 15 is 0 Å². The first-order valence-corrected chi connectivity index (χ1v) is 5.42. The molecule has 90 valence electrons. The smallest absolute Gasteiger partial charge is 0.217 e. The molecule has 5 nitrogen and oxygen atoms in total. The minimum Gasteiger partial charge on any atom is -0.481 e. The summed E-state index contributed by atoms with van der Waals surface area (Å²) in [5.74, 6) is 0.668. The van der Waals surface area contributed by atoms with E-state index in [1.54, 1.807) is 13.3 Å². The van der Waals surface area contributed by atoms with E-state index in [2.05, 4.69) is 9.88 Å². The van der Waals surface area contributed by atoms with Gasteiger partial charge in [-0.05, 0) is 6.07 Å². The Morgan fingerprint density at radius 2 is 2.00 bits per heavy atom. The Balaban J connectivity index is 2.67. The minimum absolute atomic E-state index is 0.628. The van der Waals surface area contributed by atoms with Gasteiger partial charge in [-0.25, -0.2) is 4.98 Å². The number of methoxy groups -OCH3 is 1. The van der Waals surface area contributed by atoms with Crippen LogP contribution >= 0.6 is 0 Å². The highest BCUT2D eigenvalue weighted by molar-refractivity contribution is 5.25. The van der Waals surface area contributed by atoms with Gasteiger partial charge in [0.05, 0.1) is 7.11 Å². The highest BCUT2D eigenvalue weighted by Gasteiger charge is 2.08. The molecule has 1 rings (SSSR count). The maximum absolute atomic E-state index is 5.55. The van der Waals surface area contributed by atoms with Crippen LogP contribution in [0.15, 0.2) is 18.3 Å². The van der Waals surface area contributed by atoms with E-state index in [4.69, 9.17) is 16.2 Å². The van der Waals surface area contributed by atoms with Crippen molar-refractivity contribution in [2.45, 2.75) is 6.54 Å². The van der Waals surface area contributed by atoms with Crippen molar-refractivity contribution in [1.82, 2.24) is 9.88 Å². The van der Waals surface area contributed by atoms with Gasteiger partial charge in [0, 0.05) is 44.5 Å². The minimum atomic E-state index is 0.628. The first-order valence-electron chi connectivity index (χ1n) is 5.42. The molecule has 0 aliphatic heterocycles. The summed E-state index contributed by atoms with van der Waals surface area (Å²) in [5, 5.41) is 0. The monoisotopic (exact) mass is 224 g/mol. The molecule has 1 heterocycles. The summed E-state index contributed by atoms with van der Waals surface area (Å²) in [6, 6.07) is 3.91. The molecular formula is C11H20N4O. The summed E-state index contributed by atoms with van der Waals surface area (Å²) in [4.78, 5) is 6.35. The van der Waals surface area contributed by atoms with Crippen molar-refractivity contribution in [3.63, 3.8) is 0 Å². The molecule has 0 aliphatic rings. The quantitative estimate of drug-likeness (QED) is 0.671. The van der Waals surface area contributed by atoms with Gasteiger partial charge in [0.2, 0.25) is 5.88 Å². The van der Waals surface area contributed by atoms with E-state index in [9.17, 15) is 0 Å². The molecule has 0 aromatic carbocycles. The summed E-state index contributed by atoms with van der Waals surface area (Å²) < 4.78 is 5.20. The normalized spacial score (nSPS) is 10.8. The van der Waals surface area contributed by atoms with E-state index in [1.807, 2.05) is 12.1 Å². The third-order valence-electron chi connectivity index (χ3n) is 2.33. The molecule has 4 N–H and O–H groups in total. The van der Waals surface area contributed by atoms with Crippen LogP contribution in [-0.4, -0.2) is 43.2 Å². The van der Waals surface area contributed by atoms with Crippen molar-refractivity contribution in [1.29, 1.82) is 0 Å². The third kappa shape index (κ3) is 3.77. The van der Waals surface area contributed by atoms with Crippen LogP contribution in [-0.2, 0) is 6.54 Å². The maximum atomic E-state index is 5.55. The summed E-state index contributed by atoms with van der Waals surface area (Å²) in [7, 11) is 1.63. The Morgan fingerprint density at radius 3 is 2.56 bits per heavy atom. The Labute approximate surface area is 96.4 Å². The van der Waals surface area contributed by atoms with Gasteiger partial charge >= 0.3 is 0 Å². The Bertz CT molecular complexity index is 300. The van der Waals surface area contributed by atoms with Gasteiger partial charge in [-0.1, -0.05) is 6.07 Å². The molecule has 0 spiro atoms. The molecule has 0 saturated carbocycles. The number of aromatic nitrogens is 1. The molecule has 0 atom stereocenters. The number of nitrogens with zero attached hydrogens (tertiary/aromatic N) is 2. The van der Waals surface area contributed by atoms with Gasteiger partial charge in [-0.3, -0.25) is 4.90 Å². The summed E-state index contributed by atoms with van der Waals surface area (Å²) in [6.07, 6.45) is 1.72. The number of rotatable bonds is 7. The van der Waals surface area contributed by atoms with E-state index in [1.165, 1.54) is 0 Å². The fraction of sp³-hybridized carbons (Fsp3) is 0.545. The number of hydrogen-bond acceptors (Lipinski definition) is 5. The highest BCUT2D eigenvalue weighted by Crippen LogP contribution is 2.15. The van der Waals surface area contributed by atoms with Crippen LogP contribution in [0.5, 0.6) is 5.88 Å². The van der Waals surface area contributed by atoms with Crippen LogP contribution in [0.25, 0.3) is 0 Å². The summed E-state index contributed by atoms with van der Waals surface area (Å²) in [5.41, 5.74) is 12.2. The van der Waals surface area contributed by atoms with Crippen molar-refractivity contribution in [2.75, 3.05) is 33.3 Å². The average Bonchev–Trinajstić information content (AvgIpc) is 2.30. The van der Waals surface area contributed by atoms with E-state index in [0.717, 1.165) is 25.2 Å². The van der Waals surface area contributed by atoms with Crippen LogP contribution in [0.2, 0.25) is 0 Å². The van der Waals surface area contributed by atoms with Crippen LogP contribution in [0.3, 0.4) is 0 Å². The zero-order valence-electron chi connectivity index (χ0n) is 9.72. The summed E-state index contributed by atoms with van der Waals surface area (Å²) >= 11 is 0. The van der Waals surface area contributed by atoms with Crippen molar-refractivity contribution in [3.05, 3.63) is 23.9 Å². The Hall–Kier alpha value is -1.17. The van der Waals surface area contributed by atoms with E-state index in [0.29, 0.717) is 19.0 Å². The lowest BCUT2D eigenvalue weighted by Gasteiger charge is -2.21. The second kappa shape index (κ2) is 7.16. The van der Waals surface area contributed by atoms with Crippen LogP contribution < -0.4 is 16.2 Å². The average molecular weight is 224 g/mol. The second-order valence-corrected chi connectivity index (χ2v) is 3.53. The summed E-state index contributed by atoms with van der Waals surface area (Å²) in [6.45, 7) is 3.68. The van der Waals surface area contributed by atoms with Gasteiger partial charge in [-0.15, -0.1) is 0 Å². The van der Waals surface area contributed by atoms with Crippen molar-refractivity contribution >= 4 is 0 Å². The predicted molar refractivity (Wildman–Crippen MR) is 64.2 cm³/mol. The topological polar surface area (TPSA) is 77.4 Å². The molecule has 1 aromatic heterocycles. The standard InChI is InChI=1S/C11H20N4O/c1-16-11-10(3-2-6-14-11)9-15(7-4-12)8-5-13/h2-3,6H,4-5,7-9,12-13H2,1H3. The Kier molecular flexibility index (Phi) is 5.77. The van der Waals surface area contributed by atoms with Gasteiger partial charge in [0.25, 0.3) is 0 Å². The number of nitrogens with two attached hydrogens (primary N) is 2. The third-order valence-corrected chi connectivity index (χ3v) is 2.33. The molecule has 0 fully saturated rings. The lowest BCUT2D eigenvalue weighted by atomic mass is 10.2. The molecule has 0 saturated heterocycles. The SMILES string of the molecule is COc1ncccc1CN(CCN)CCN. The molecule has 0 unspecified atom stereocenters. The number of ether oxygens (including phenoxy) is 1. The van der Waals surface area contributed by atoms with Crippen molar-refractivity contribution in [3.8, 4) is 5.88 Å². The van der Waals surface area contributed by atoms with Crippen molar-refractivity contribution < 1.29 is 4.74 Å². The molecule has 0 aliphatic carbocycles. The van der Waals surface area contributed by atoms with Crippen LogP contribution in [0.1, 0.15) is 5.56 Å². The lowest BCUT2D eigenvalue weighted by Crippen LogP contribution is -2.33. The molecular weight excluding hydrogens is 204 g/mol. The van der Waals surface area contributed by atoms with Gasteiger partial charge in [0.15, 0.2) is 0 Å². The van der Waals surface area contributed by atoms with Gasteiger partial charge in [-0.2, -0.15) is 0 Å². The zero-order chi connectivity index (χ0) is 11.8. The second-order valence-electron chi connectivity index (χ2n) is 3.53. The van der Waals surface area contributed by atoms with Gasteiger partial charge < -0.3 is 16.2 Å². The molecule has 5 heteroatoms. The molecule has 0 amide bonds. The first-order chi connectivity index (χ1) is 7.81. The molecule has 16 heavy (non-hydrogen) atoms. The zero-order valence-corrected chi connectivity index (χ0v) is 9.72. The van der Waals surface area contributed by atoms with Crippen molar-refractivity contribution in [2.24, 2.45) is 11.5 Å². The molecule has 0 bridgehead atoms. The number of hydrogen-bond donors (Lipinski definition) is 2. The molecule has 1 aromatic rings.